The predicted octanol–water partition coefficient (Wildman–Crippen LogP) is 3.67. The monoisotopic (exact) mass is 477 g/mol. The van der Waals surface area contributed by atoms with Crippen LogP contribution in [0.3, 0.4) is 0 Å². The van der Waals surface area contributed by atoms with Crippen LogP contribution >= 0.6 is 11.3 Å². The van der Waals surface area contributed by atoms with Crippen LogP contribution < -0.4 is 0 Å². The van der Waals surface area contributed by atoms with Gasteiger partial charge in [0.25, 0.3) is 0 Å². The smallest absolute Gasteiger partial charge is 0.309 e. The molecule has 2 N–H and O–H groups in total. The van der Waals surface area contributed by atoms with Crippen LogP contribution in [0.2, 0.25) is 0 Å². The number of thiazole rings is 1. The first-order chi connectivity index (χ1) is 15.5. The molecular weight excluding hydrogens is 442 g/mol. The Kier molecular flexibility index (Phi) is 10.1. The lowest BCUT2D eigenvalue weighted by atomic mass is 9.81. The number of hydrogen-bond acceptors (Lipinski definition) is 8. The van der Waals surface area contributed by atoms with Crippen molar-refractivity contribution >= 4 is 34.9 Å². The van der Waals surface area contributed by atoms with Gasteiger partial charge in [-0.25, -0.2) is 4.98 Å². The van der Waals surface area contributed by atoms with E-state index in [9.17, 15) is 24.6 Å². The first-order valence-electron chi connectivity index (χ1n) is 11.4. The zero-order valence-corrected chi connectivity index (χ0v) is 20.8. The molecule has 1 aromatic rings. The molecular formula is C25H35NO6S. The van der Waals surface area contributed by atoms with Crippen molar-refractivity contribution < 1.29 is 29.3 Å². The van der Waals surface area contributed by atoms with Gasteiger partial charge in [0.1, 0.15) is 17.7 Å². The van der Waals surface area contributed by atoms with Gasteiger partial charge in [0, 0.05) is 36.0 Å². The lowest BCUT2D eigenvalue weighted by Crippen LogP contribution is -2.40. The van der Waals surface area contributed by atoms with Crippen molar-refractivity contribution in [1.82, 2.24) is 4.98 Å². The molecule has 1 aromatic heterocycles. The van der Waals surface area contributed by atoms with Crippen LogP contribution in [-0.2, 0) is 19.1 Å². The van der Waals surface area contributed by atoms with Crippen LogP contribution in [-0.4, -0.2) is 51.0 Å². The van der Waals surface area contributed by atoms with Gasteiger partial charge in [0.15, 0.2) is 0 Å². The van der Waals surface area contributed by atoms with Crippen LogP contribution in [0.15, 0.2) is 23.1 Å². The van der Waals surface area contributed by atoms with Crippen molar-refractivity contribution in [2.24, 2.45) is 17.8 Å². The molecule has 0 fully saturated rings. The van der Waals surface area contributed by atoms with E-state index in [1.807, 2.05) is 37.5 Å². The second kappa shape index (κ2) is 12.3. The number of aryl methyl sites for hydroxylation is 1. The van der Waals surface area contributed by atoms with E-state index in [1.54, 1.807) is 13.8 Å². The summed E-state index contributed by atoms with van der Waals surface area (Å²) >= 11 is 1.53. The Hall–Kier alpha value is -2.16. The molecule has 0 saturated carbocycles. The maximum absolute atomic E-state index is 12.8. The van der Waals surface area contributed by atoms with E-state index in [-0.39, 0.29) is 24.4 Å². The normalized spacial score (nSPS) is 31.5. The summed E-state index contributed by atoms with van der Waals surface area (Å²) in [6.45, 7) is 8.46. The van der Waals surface area contributed by atoms with E-state index in [0.717, 1.165) is 16.3 Å². The third kappa shape index (κ3) is 7.69. The number of allylic oxidation sites excluding steroid dienone is 1. The van der Waals surface area contributed by atoms with Crippen LogP contribution in [0.5, 0.6) is 0 Å². The molecule has 1 aliphatic heterocycles. The van der Waals surface area contributed by atoms with Crippen LogP contribution in [0, 0.1) is 24.7 Å². The van der Waals surface area contributed by atoms with E-state index in [0.29, 0.717) is 12.8 Å². The second-order valence-corrected chi connectivity index (χ2v) is 9.96. The fraction of sp³-hybridized carbons (Fsp3) is 0.600. The SMILES string of the molecule is C/C(=C\c1csc(C)n1)C1CC=CCCC(=O)[C@H](C)[C@H](O)[C@@H](C)C(=O)C(C)[C@@H](O)CC(=O)O1. The molecule has 2 rings (SSSR count). The van der Waals surface area contributed by atoms with Gasteiger partial charge in [-0.15, -0.1) is 11.3 Å². The molecule has 0 amide bonds. The van der Waals surface area contributed by atoms with Crippen LogP contribution in [0.1, 0.15) is 64.1 Å². The van der Waals surface area contributed by atoms with Gasteiger partial charge in [-0.2, -0.15) is 0 Å². The lowest BCUT2D eigenvalue weighted by Gasteiger charge is -2.27. The third-order valence-electron chi connectivity index (χ3n) is 6.25. The average Bonchev–Trinajstić information content (AvgIpc) is 3.18. The molecule has 0 aromatic carbocycles. The minimum atomic E-state index is -1.25. The molecule has 6 atom stereocenters. The Morgan fingerprint density at radius 3 is 2.45 bits per heavy atom. The molecule has 182 valence electrons. The molecule has 2 unspecified atom stereocenters. The molecule has 7 nitrogen and oxygen atoms in total. The molecule has 0 bridgehead atoms. The highest BCUT2D eigenvalue weighted by molar-refractivity contribution is 7.09. The second-order valence-electron chi connectivity index (χ2n) is 8.90. The number of aliphatic hydroxyl groups is 2. The number of nitrogens with zero attached hydrogens (tertiary/aromatic N) is 1. The van der Waals surface area contributed by atoms with Gasteiger partial charge in [0.05, 0.1) is 29.3 Å². The highest BCUT2D eigenvalue weighted by atomic mass is 32.1. The van der Waals surface area contributed by atoms with Gasteiger partial charge in [-0.05, 0) is 31.9 Å². The van der Waals surface area contributed by atoms with Gasteiger partial charge in [-0.3, -0.25) is 14.4 Å². The summed E-state index contributed by atoms with van der Waals surface area (Å²) < 4.78 is 5.66. The molecule has 0 saturated heterocycles. The standard InChI is InChI=1S/C25H35NO6S/c1-14(11-19-13-33-18(5)26-19)22-10-8-6-7-9-20(27)15(2)24(30)17(4)25(31)16(3)21(28)12-23(29)32-22/h6,8,11,13,15-17,21-22,24,28,30H,7,9-10,12H2,1-5H3/b8-6?,14-11+/t15-,16?,17+,21-,22?,24-/m0/s1. The van der Waals surface area contributed by atoms with Crippen molar-refractivity contribution in [3.63, 3.8) is 0 Å². The van der Waals surface area contributed by atoms with Gasteiger partial charge < -0.3 is 14.9 Å². The zero-order valence-electron chi connectivity index (χ0n) is 20.0. The van der Waals surface area contributed by atoms with Crippen molar-refractivity contribution in [1.29, 1.82) is 0 Å². The molecule has 2 heterocycles. The summed E-state index contributed by atoms with van der Waals surface area (Å²) in [6, 6.07) is 0. The van der Waals surface area contributed by atoms with Crippen molar-refractivity contribution in [2.45, 2.75) is 78.6 Å². The quantitative estimate of drug-likeness (QED) is 0.493. The lowest BCUT2D eigenvalue weighted by molar-refractivity contribution is -0.151. The van der Waals surface area contributed by atoms with E-state index < -0.39 is 42.0 Å². The number of aromatic nitrogens is 1. The van der Waals surface area contributed by atoms with Crippen molar-refractivity contribution in [3.05, 3.63) is 33.8 Å². The number of ketones is 2. The molecule has 33 heavy (non-hydrogen) atoms. The summed E-state index contributed by atoms with van der Waals surface area (Å²) in [6.07, 6.45) is 3.44. The number of esters is 1. The first-order valence-corrected chi connectivity index (χ1v) is 12.3. The minimum absolute atomic E-state index is 0.120. The zero-order chi connectivity index (χ0) is 24.7. The fourth-order valence-corrected chi connectivity index (χ4v) is 4.41. The first kappa shape index (κ1) is 27.1. The number of Topliss-reactive ketones (excluding diaryl/α,β-unsaturated/α-hetero) is 2. The Labute approximate surface area is 199 Å². The molecule has 0 aliphatic carbocycles. The Bertz CT molecular complexity index is 904. The molecule has 0 spiro atoms. The van der Waals surface area contributed by atoms with Gasteiger partial charge in [0.2, 0.25) is 0 Å². The summed E-state index contributed by atoms with van der Waals surface area (Å²) in [5.41, 5.74) is 1.59. The highest BCUT2D eigenvalue weighted by Crippen LogP contribution is 2.24. The number of carbonyl (C=O) groups is 3. The number of ether oxygens (including phenoxy) is 1. The summed E-state index contributed by atoms with van der Waals surface area (Å²) in [5.74, 6) is -3.53. The third-order valence-corrected chi connectivity index (χ3v) is 7.04. The number of hydrogen-bond donors (Lipinski definition) is 2. The van der Waals surface area contributed by atoms with E-state index in [2.05, 4.69) is 4.98 Å². The summed E-state index contributed by atoms with van der Waals surface area (Å²) in [4.78, 5) is 42.3. The van der Waals surface area contributed by atoms with Crippen molar-refractivity contribution in [2.75, 3.05) is 0 Å². The number of rotatable bonds is 2. The molecule has 0 radical (unpaired) electrons. The fourth-order valence-electron chi connectivity index (χ4n) is 3.84. The number of aliphatic hydroxyl groups excluding tert-OH is 2. The molecule has 1 aliphatic rings. The van der Waals surface area contributed by atoms with E-state index in [1.165, 1.54) is 18.3 Å². The maximum Gasteiger partial charge on any atom is 0.309 e. The Morgan fingerprint density at radius 1 is 1.12 bits per heavy atom. The average molecular weight is 478 g/mol. The van der Waals surface area contributed by atoms with E-state index in [4.69, 9.17) is 4.74 Å². The van der Waals surface area contributed by atoms with Crippen LogP contribution in [0.25, 0.3) is 6.08 Å². The van der Waals surface area contributed by atoms with Crippen molar-refractivity contribution in [3.8, 4) is 0 Å². The summed E-state index contributed by atoms with van der Waals surface area (Å²) in [5, 5.41) is 23.9. The van der Waals surface area contributed by atoms with E-state index >= 15 is 0 Å². The predicted molar refractivity (Wildman–Crippen MR) is 128 cm³/mol. The highest BCUT2D eigenvalue weighted by Gasteiger charge is 2.35. The maximum atomic E-state index is 12.8. The number of cyclic esters (lactones) is 1. The number of carbonyl (C=O) groups excluding carboxylic acids is 3. The topological polar surface area (TPSA) is 114 Å². The minimum Gasteiger partial charge on any atom is -0.457 e. The largest absolute Gasteiger partial charge is 0.457 e. The molecule has 8 heteroatoms. The summed E-state index contributed by atoms with van der Waals surface area (Å²) in [7, 11) is 0. The van der Waals surface area contributed by atoms with Crippen LogP contribution in [0.4, 0.5) is 0 Å². The Balaban J connectivity index is 2.27. The van der Waals surface area contributed by atoms with Gasteiger partial charge >= 0.3 is 5.97 Å². The Morgan fingerprint density at radius 2 is 1.82 bits per heavy atom. The van der Waals surface area contributed by atoms with Gasteiger partial charge in [-0.1, -0.05) is 32.9 Å².